The molecule has 0 unspecified atom stereocenters. The second-order valence-electron chi connectivity index (χ2n) is 0.584. The van der Waals surface area contributed by atoms with Crippen molar-refractivity contribution in [2.45, 2.75) is 0 Å². The van der Waals surface area contributed by atoms with E-state index in [1.54, 1.807) is 0 Å². The van der Waals surface area contributed by atoms with Gasteiger partial charge in [0.05, 0.1) is 0 Å². The standard InChI is InChI=1S/H4N2O.H2O4S/c1-3-2;1-5(2,3)4/h1-2H2;(H2,1,2,3,4). The average Bonchev–Trinajstić information content (AvgIpc) is 1.27. The van der Waals surface area contributed by atoms with Crippen molar-refractivity contribution in [2.75, 3.05) is 0 Å². The number of hydrogen-bond acceptors (Lipinski definition) is 5. The molecule has 8 heteroatoms. The van der Waals surface area contributed by atoms with Gasteiger partial charge in [-0.2, -0.15) is 20.2 Å². The van der Waals surface area contributed by atoms with Gasteiger partial charge in [0.1, 0.15) is 0 Å². The van der Waals surface area contributed by atoms with Gasteiger partial charge in [0.15, 0.2) is 0 Å². The molecule has 0 radical (unpaired) electrons. The molecule has 0 spiro atoms. The molecule has 8 heavy (non-hydrogen) atoms. The summed E-state index contributed by atoms with van der Waals surface area (Å²) in [5, 5.41) is 0. The fourth-order valence-electron chi connectivity index (χ4n) is 0. The van der Waals surface area contributed by atoms with E-state index in [9.17, 15) is 0 Å². The van der Waals surface area contributed by atoms with Gasteiger partial charge >= 0.3 is 10.4 Å². The van der Waals surface area contributed by atoms with Gasteiger partial charge < -0.3 is 0 Å². The smallest absolute Gasteiger partial charge is 0.264 e. The number of rotatable bonds is 0. The fourth-order valence-corrected chi connectivity index (χ4v) is 0. The van der Waals surface area contributed by atoms with E-state index in [4.69, 9.17) is 17.5 Å². The molecule has 0 saturated heterocycles. The zero-order valence-corrected chi connectivity index (χ0v) is 4.50. The third-order valence-corrected chi connectivity index (χ3v) is 0. The Morgan fingerprint density at radius 3 is 1.25 bits per heavy atom. The first kappa shape index (κ1) is 10.7. The largest absolute Gasteiger partial charge is 0.394 e. The van der Waals surface area contributed by atoms with E-state index in [0.29, 0.717) is 0 Å². The molecule has 0 aliphatic rings. The lowest BCUT2D eigenvalue weighted by Gasteiger charge is -1.68. The Morgan fingerprint density at radius 2 is 1.25 bits per heavy atom. The summed E-state index contributed by atoms with van der Waals surface area (Å²) in [5.74, 6) is 8.25. The highest BCUT2D eigenvalue weighted by Gasteiger charge is 1.84. The van der Waals surface area contributed by atoms with E-state index in [0.717, 1.165) is 0 Å². The Labute approximate surface area is 45.7 Å². The van der Waals surface area contributed by atoms with Gasteiger partial charge in [-0.3, -0.25) is 9.11 Å². The van der Waals surface area contributed by atoms with Crippen LogP contribution in [-0.4, -0.2) is 17.5 Å². The summed E-state index contributed by atoms with van der Waals surface area (Å²) in [4.78, 5) is 3.25. The minimum absolute atomic E-state index is 3.25. The van der Waals surface area contributed by atoms with Crippen LogP contribution in [-0.2, 0) is 15.3 Å². The van der Waals surface area contributed by atoms with Gasteiger partial charge in [-0.25, -0.2) is 4.94 Å². The Balaban J connectivity index is 0. The molecule has 0 bridgehead atoms. The lowest BCUT2D eigenvalue weighted by molar-refractivity contribution is 0.142. The monoisotopic (exact) mass is 146 g/mol. The summed E-state index contributed by atoms with van der Waals surface area (Å²) in [6, 6.07) is 0. The summed E-state index contributed by atoms with van der Waals surface area (Å²) in [6.45, 7) is 0. The summed E-state index contributed by atoms with van der Waals surface area (Å²) < 4.78 is 31.6. The highest BCUT2D eigenvalue weighted by Crippen LogP contribution is 1.59. The van der Waals surface area contributed by atoms with Gasteiger partial charge in [-0.05, 0) is 0 Å². The van der Waals surface area contributed by atoms with Crippen LogP contribution in [0.5, 0.6) is 0 Å². The van der Waals surface area contributed by atoms with Crippen LogP contribution in [0, 0.1) is 0 Å². The normalized spacial score (nSPS) is 9.50. The Bertz CT molecular complexity index is 104. The van der Waals surface area contributed by atoms with Crippen molar-refractivity contribution in [3.8, 4) is 0 Å². The van der Waals surface area contributed by atoms with Crippen molar-refractivity contribution in [2.24, 2.45) is 11.8 Å². The van der Waals surface area contributed by atoms with Gasteiger partial charge in [0.2, 0.25) is 0 Å². The molecule has 0 fully saturated rings. The van der Waals surface area contributed by atoms with E-state index in [2.05, 4.69) is 16.7 Å². The molecule has 6 N–H and O–H groups in total. The molecule has 0 aromatic heterocycles. The predicted molar refractivity (Wildman–Crippen MR) is 23.6 cm³/mol. The van der Waals surface area contributed by atoms with E-state index < -0.39 is 10.4 Å². The van der Waals surface area contributed by atoms with Gasteiger partial charge in [-0.15, -0.1) is 0 Å². The van der Waals surface area contributed by atoms with Crippen molar-refractivity contribution in [3.05, 3.63) is 0 Å². The number of hydrogen-bond donors (Lipinski definition) is 4. The summed E-state index contributed by atoms with van der Waals surface area (Å²) >= 11 is 0. The molecule has 0 atom stereocenters. The maximum atomic E-state index is 8.74. The summed E-state index contributed by atoms with van der Waals surface area (Å²) in [6.07, 6.45) is 0. The molecule has 7 nitrogen and oxygen atoms in total. The first-order chi connectivity index (χ1) is 3.41. The van der Waals surface area contributed by atoms with Crippen molar-refractivity contribution < 1.29 is 22.5 Å². The van der Waals surface area contributed by atoms with Crippen molar-refractivity contribution in [1.82, 2.24) is 0 Å². The van der Waals surface area contributed by atoms with Crippen LogP contribution >= 0.6 is 0 Å². The first-order valence-corrected chi connectivity index (χ1v) is 2.57. The Kier molecular flexibility index (Phi) is 6.54. The molecule has 0 amide bonds. The minimum Gasteiger partial charge on any atom is -0.264 e. The lowest BCUT2D eigenvalue weighted by Crippen LogP contribution is -2.03. The van der Waals surface area contributed by atoms with Crippen LogP contribution < -0.4 is 11.8 Å². The zero-order valence-electron chi connectivity index (χ0n) is 3.68. The third-order valence-electron chi connectivity index (χ3n) is 0. The Hall–Kier alpha value is -0.250. The van der Waals surface area contributed by atoms with Crippen LogP contribution in [0.15, 0.2) is 0 Å². The highest BCUT2D eigenvalue weighted by molar-refractivity contribution is 7.79. The fraction of sp³-hybridized carbons (Fsp3) is 0. The lowest BCUT2D eigenvalue weighted by atomic mass is 13.3. The highest BCUT2D eigenvalue weighted by atomic mass is 32.3. The Morgan fingerprint density at radius 1 is 1.25 bits per heavy atom. The van der Waals surface area contributed by atoms with Crippen molar-refractivity contribution in [1.29, 1.82) is 0 Å². The molecule has 0 saturated carbocycles. The molecule has 0 aromatic rings. The molecule has 52 valence electrons. The second kappa shape index (κ2) is 4.90. The first-order valence-electron chi connectivity index (χ1n) is 1.17. The minimum atomic E-state index is -4.67. The van der Waals surface area contributed by atoms with Crippen LogP contribution in [0.4, 0.5) is 0 Å². The summed E-state index contributed by atoms with van der Waals surface area (Å²) in [7, 11) is -4.67. The molecule has 0 aromatic carbocycles. The van der Waals surface area contributed by atoms with Crippen LogP contribution in [0.3, 0.4) is 0 Å². The molecular formula is H6N2O5S. The molecule has 0 aliphatic carbocycles. The van der Waals surface area contributed by atoms with E-state index in [1.807, 2.05) is 0 Å². The van der Waals surface area contributed by atoms with Crippen molar-refractivity contribution in [3.63, 3.8) is 0 Å². The third kappa shape index (κ3) is 2080. The van der Waals surface area contributed by atoms with Gasteiger partial charge in [0.25, 0.3) is 0 Å². The maximum absolute atomic E-state index is 8.74. The van der Waals surface area contributed by atoms with Gasteiger partial charge in [-0.1, -0.05) is 0 Å². The zero-order chi connectivity index (χ0) is 7.21. The topological polar surface area (TPSA) is 136 Å². The van der Waals surface area contributed by atoms with Crippen molar-refractivity contribution >= 4 is 10.4 Å². The van der Waals surface area contributed by atoms with Crippen LogP contribution in [0.25, 0.3) is 0 Å². The molecule has 0 aliphatic heterocycles. The van der Waals surface area contributed by atoms with E-state index >= 15 is 0 Å². The SMILES string of the molecule is NON.O=S(=O)(O)O. The van der Waals surface area contributed by atoms with E-state index in [1.165, 1.54) is 0 Å². The molecular weight excluding hydrogens is 140 g/mol. The van der Waals surface area contributed by atoms with Crippen LogP contribution in [0.1, 0.15) is 0 Å². The number of nitrogens with two attached hydrogens (primary N) is 2. The quantitative estimate of drug-likeness (QED) is 0.231. The predicted octanol–water partition coefficient (Wildman–Crippen LogP) is -1.90. The molecule has 0 rings (SSSR count). The van der Waals surface area contributed by atoms with E-state index in [-0.39, 0.29) is 0 Å². The average molecular weight is 146 g/mol. The maximum Gasteiger partial charge on any atom is 0.394 e. The molecule has 0 heterocycles. The van der Waals surface area contributed by atoms with Gasteiger partial charge in [0, 0.05) is 0 Å². The second-order valence-corrected chi connectivity index (χ2v) is 1.48. The summed E-state index contributed by atoms with van der Waals surface area (Å²) in [5.41, 5.74) is 0. The van der Waals surface area contributed by atoms with Crippen LogP contribution in [0.2, 0.25) is 0 Å².